The first-order chi connectivity index (χ1) is 11.0. The van der Waals surface area contributed by atoms with Gasteiger partial charge in [-0.25, -0.2) is 0 Å². The van der Waals surface area contributed by atoms with Crippen molar-refractivity contribution in [3.8, 4) is 0 Å². The van der Waals surface area contributed by atoms with Crippen molar-refractivity contribution in [2.45, 2.75) is 30.4 Å². The molecule has 0 bridgehead atoms. The summed E-state index contributed by atoms with van der Waals surface area (Å²) in [6.07, 6.45) is -23.8. The molecule has 1 rings (SSSR count). The van der Waals surface area contributed by atoms with Gasteiger partial charge < -0.3 is 14.3 Å². The van der Waals surface area contributed by atoms with E-state index < -0.39 is 48.8 Å². The number of halogens is 11. The van der Waals surface area contributed by atoms with Crippen LogP contribution in [0.5, 0.6) is 0 Å². The highest BCUT2D eigenvalue weighted by molar-refractivity contribution is 5.81. The summed E-state index contributed by atoms with van der Waals surface area (Å²) in [5.74, 6) is -12.8. The predicted octanol–water partition coefficient (Wildman–Crippen LogP) is 4.14. The summed E-state index contributed by atoms with van der Waals surface area (Å²) in [4.78, 5) is 2.96. The Balaban J connectivity index is 3.31. The van der Waals surface area contributed by atoms with Gasteiger partial charge in [-0.3, -0.25) is 0 Å². The molecule has 0 saturated heterocycles. The first kappa shape index (κ1) is 21.2. The molecule has 0 N–H and O–H groups in total. The molecule has 146 valence electrons. The minimum atomic E-state index is -6.48. The van der Waals surface area contributed by atoms with Crippen LogP contribution in [0.2, 0.25) is 0 Å². The maximum atomic E-state index is 13.5. The smallest absolute Gasteiger partial charge is 0.419 e. The maximum Gasteiger partial charge on any atom is 0.480 e. The van der Waals surface area contributed by atoms with E-state index in [9.17, 15) is 48.3 Å². The molecule has 1 aliphatic rings. The topological polar surface area (TPSA) is 40.0 Å². The summed E-state index contributed by atoms with van der Waals surface area (Å²) >= 11 is 0. The van der Waals surface area contributed by atoms with Crippen LogP contribution in [0.25, 0.3) is 0 Å². The Morgan fingerprint density at radius 2 is 1.48 bits per heavy atom. The Labute approximate surface area is 130 Å². The van der Waals surface area contributed by atoms with E-state index in [4.69, 9.17) is 0 Å². The van der Waals surface area contributed by atoms with E-state index in [1.54, 1.807) is 0 Å². The quantitative estimate of drug-likeness (QED) is 0.517. The van der Waals surface area contributed by atoms with Gasteiger partial charge in [0.15, 0.2) is 0 Å². The Hall–Kier alpha value is -1.80. The van der Waals surface area contributed by atoms with Crippen molar-refractivity contribution >= 4 is 5.90 Å². The summed E-state index contributed by atoms with van der Waals surface area (Å²) in [7, 11) is 0. The van der Waals surface area contributed by atoms with Gasteiger partial charge in [0.1, 0.15) is 0 Å². The molecule has 1 aliphatic heterocycles. The summed E-state index contributed by atoms with van der Waals surface area (Å²) in [5.41, 5.74) is 0. The molecule has 0 aromatic rings. The maximum absolute atomic E-state index is 13.5. The van der Waals surface area contributed by atoms with Gasteiger partial charge in [-0.1, -0.05) is 6.08 Å². The molecular formula is C10H6F11NO3. The largest absolute Gasteiger partial charge is 0.480 e. The number of hydrogen-bond donors (Lipinski definition) is 0. The molecule has 4 nitrogen and oxygen atoms in total. The highest BCUT2D eigenvalue weighted by atomic mass is 19.4. The van der Waals surface area contributed by atoms with Crippen LogP contribution in [0, 0.1) is 5.92 Å². The van der Waals surface area contributed by atoms with E-state index in [1.165, 1.54) is 0 Å². The second-order valence-electron chi connectivity index (χ2n) is 4.37. The molecule has 0 spiro atoms. The van der Waals surface area contributed by atoms with Crippen LogP contribution in [0.1, 0.15) is 0 Å². The van der Waals surface area contributed by atoms with Crippen molar-refractivity contribution in [2.24, 2.45) is 11.1 Å². The van der Waals surface area contributed by atoms with E-state index in [-0.39, 0.29) is 0 Å². The van der Waals surface area contributed by atoms with Crippen LogP contribution in [0.4, 0.5) is 48.3 Å². The minimum absolute atomic E-state index is 0.560. The number of hydrogen-bond acceptors (Lipinski definition) is 4. The van der Waals surface area contributed by atoms with E-state index >= 15 is 0 Å². The molecule has 0 fully saturated rings. The fourth-order valence-electron chi connectivity index (χ4n) is 1.51. The van der Waals surface area contributed by atoms with Crippen molar-refractivity contribution in [1.29, 1.82) is 0 Å². The average molecular weight is 397 g/mol. The number of rotatable bonds is 5. The van der Waals surface area contributed by atoms with E-state index in [0.29, 0.717) is 6.08 Å². The van der Waals surface area contributed by atoms with Crippen molar-refractivity contribution in [3.63, 3.8) is 0 Å². The fourth-order valence-corrected chi connectivity index (χ4v) is 1.51. The summed E-state index contributed by atoms with van der Waals surface area (Å²) in [6.45, 7) is 1.64. The lowest BCUT2D eigenvalue weighted by atomic mass is 10.1. The number of alkyl halides is 11. The van der Waals surface area contributed by atoms with Crippen molar-refractivity contribution in [2.75, 3.05) is 6.61 Å². The molecule has 0 aromatic heterocycles. The second-order valence-corrected chi connectivity index (χ2v) is 4.37. The predicted molar refractivity (Wildman–Crippen MR) is 55.1 cm³/mol. The van der Waals surface area contributed by atoms with Crippen LogP contribution in [-0.2, 0) is 14.3 Å². The molecule has 0 aromatic carbocycles. The minimum Gasteiger partial charge on any atom is -0.419 e. The van der Waals surface area contributed by atoms with Gasteiger partial charge in [-0.15, -0.1) is 6.58 Å². The molecule has 15 heteroatoms. The third kappa shape index (κ3) is 3.90. The Morgan fingerprint density at radius 3 is 1.80 bits per heavy atom. The second kappa shape index (κ2) is 6.17. The zero-order chi connectivity index (χ0) is 19.9. The first-order valence-electron chi connectivity index (χ1n) is 5.77. The normalized spacial score (nSPS) is 19.7. The number of nitrogens with zero attached hydrogens (tertiary/aromatic N) is 1. The first-order valence-corrected chi connectivity index (χ1v) is 5.77. The van der Waals surface area contributed by atoms with Crippen LogP contribution >= 0.6 is 0 Å². The van der Waals surface area contributed by atoms with E-state index in [2.05, 4.69) is 20.9 Å². The van der Waals surface area contributed by atoms with Crippen LogP contribution in [0.3, 0.4) is 0 Å². The highest BCUT2D eigenvalue weighted by Crippen LogP contribution is 2.52. The van der Waals surface area contributed by atoms with Gasteiger partial charge >= 0.3 is 30.4 Å². The van der Waals surface area contributed by atoms with Crippen molar-refractivity contribution in [3.05, 3.63) is 12.7 Å². The summed E-state index contributed by atoms with van der Waals surface area (Å²) < 4.78 is 147. The Kier molecular flexibility index (Phi) is 5.25. The number of ether oxygens (including phenoxy) is 2. The van der Waals surface area contributed by atoms with Gasteiger partial charge in [0.2, 0.25) is 5.92 Å². The monoisotopic (exact) mass is 397 g/mol. The average Bonchev–Trinajstić information content (AvgIpc) is 2.79. The van der Waals surface area contributed by atoms with Crippen LogP contribution in [0.15, 0.2) is 17.8 Å². The van der Waals surface area contributed by atoms with Crippen molar-refractivity contribution < 1.29 is 62.6 Å². The van der Waals surface area contributed by atoms with Crippen LogP contribution in [-0.4, -0.2) is 42.9 Å². The Bertz CT molecular complexity index is 520. The van der Waals surface area contributed by atoms with Gasteiger partial charge in [-0.2, -0.15) is 48.3 Å². The lowest BCUT2D eigenvalue weighted by molar-refractivity contribution is -0.441. The zero-order valence-electron chi connectivity index (χ0n) is 11.4. The lowest BCUT2D eigenvalue weighted by Crippen LogP contribution is -2.59. The van der Waals surface area contributed by atoms with Crippen molar-refractivity contribution in [1.82, 2.24) is 0 Å². The molecule has 0 radical (unpaired) electrons. The molecule has 0 aliphatic carbocycles. The molecule has 1 atom stereocenters. The molecule has 1 unspecified atom stereocenters. The number of oxime groups is 1. The van der Waals surface area contributed by atoms with E-state index in [0.717, 1.165) is 0 Å². The van der Waals surface area contributed by atoms with Crippen LogP contribution < -0.4 is 0 Å². The van der Waals surface area contributed by atoms with Gasteiger partial charge in [0.05, 0.1) is 6.61 Å². The molecule has 25 heavy (non-hydrogen) atoms. The zero-order valence-corrected chi connectivity index (χ0v) is 11.4. The van der Waals surface area contributed by atoms with Gasteiger partial charge in [0, 0.05) is 0 Å². The highest BCUT2D eigenvalue weighted by Gasteiger charge is 2.81. The third-order valence-electron chi connectivity index (χ3n) is 2.56. The molecule has 0 saturated carbocycles. The Morgan fingerprint density at radius 1 is 1.00 bits per heavy atom. The molecular weight excluding hydrogens is 391 g/mol. The van der Waals surface area contributed by atoms with Gasteiger partial charge in [0.25, 0.3) is 5.90 Å². The lowest BCUT2D eigenvalue weighted by Gasteiger charge is -2.31. The molecule has 0 amide bonds. The third-order valence-corrected chi connectivity index (χ3v) is 2.56. The van der Waals surface area contributed by atoms with E-state index in [1.807, 2.05) is 5.16 Å². The summed E-state index contributed by atoms with van der Waals surface area (Å²) in [6, 6.07) is 0. The molecule has 1 heterocycles. The summed E-state index contributed by atoms with van der Waals surface area (Å²) in [5, 5.41) is 1.81. The standard InChI is InChI=1S/C10H6F11NO3/c1-2-3-23-7(14,15)4(6(11,12)13)5-22-25-8(24-5,9(16,17)18)10(19,20)21/h2,4H,1,3H2. The SMILES string of the molecule is C=CCOC(F)(F)C(C1=NOC(C(F)(F)F)(C(F)(F)F)O1)C(F)(F)F. The van der Waals surface area contributed by atoms with Gasteiger partial charge in [-0.05, 0) is 5.16 Å². The fraction of sp³-hybridized carbons (Fsp3) is 0.700.